The van der Waals surface area contributed by atoms with E-state index in [4.69, 9.17) is 9.15 Å². The number of hydrogen-bond acceptors (Lipinski definition) is 6. The zero-order valence-corrected chi connectivity index (χ0v) is 17.9. The van der Waals surface area contributed by atoms with Crippen molar-refractivity contribution in [2.24, 2.45) is 0 Å². The maximum absolute atomic E-state index is 12.5. The molecule has 0 aliphatic carbocycles. The topological polar surface area (TPSA) is 89.7 Å². The first-order valence-electron chi connectivity index (χ1n) is 8.34. The van der Waals surface area contributed by atoms with Crippen LogP contribution >= 0.6 is 22.6 Å². The van der Waals surface area contributed by atoms with Gasteiger partial charge in [0, 0.05) is 19.4 Å². The van der Waals surface area contributed by atoms with Gasteiger partial charge in [-0.05, 0) is 35.6 Å². The molecule has 0 spiro atoms. The Bertz CT molecular complexity index is 1090. The van der Waals surface area contributed by atoms with Gasteiger partial charge in [-0.15, -0.1) is 0 Å². The summed E-state index contributed by atoms with van der Waals surface area (Å²) < 4.78 is 11.3. The molecular formula is C20H17IN2O5. The molecule has 2 aromatic heterocycles. The summed E-state index contributed by atoms with van der Waals surface area (Å²) in [6.07, 6.45) is 0. The van der Waals surface area contributed by atoms with E-state index in [1.807, 2.05) is 53.8 Å². The van der Waals surface area contributed by atoms with E-state index in [2.05, 4.69) is 4.98 Å². The Kier molecular flexibility index (Phi) is 5.50. The second kappa shape index (κ2) is 7.70. The normalized spacial score (nSPS) is 10.8. The highest BCUT2D eigenvalue weighted by molar-refractivity contribution is 14.1. The lowest BCUT2D eigenvalue weighted by Crippen LogP contribution is -2.34. The van der Waals surface area contributed by atoms with Gasteiger partial charge in [0.1, 0.15) is 5.56 Å². The van der Waals surface area contributed by atoms with Gasteiger partial charge in [0.25, 0.3) is 0 Å². The van der Waals surface area contributed by atoms with E-state index in [-0.39, 0.29) is 17.1 Å². The molecule has 0 bridgehead atoms. The summed E-state index contributed by atoms with van der Waals surface area (Å²) >= 11 is 1.97. The number of nitrogens with zero attached hydrogens (tertiary/aromatic N) is 2. The number of ether oxygens (including phenoxy) is 1. The number of benzene rings is 1. The van der Waals surface area contributed by atoms with Gasteiger partial charge in [0.15, 0.2) is 11.6 Å². The minimum absolute atomic E-state index is 0.138. The van der Waals surface area contributed by atoms with Gasteiger partial charge in [0.2, 0.25) is 17.5 Å². The first-order valence-corrected chi connectivity index (χ1v) is 9.42. The molecule has 7 nitrogen and oxygen atoms in total. The average molecular weight is 492 g/mol. The highest BCUT2D eigenvalue weighted by Crippen LogP contribution is 2.36. The predicted molar refractivity (Wildman–Crippen MR) is 112 cm³/mol. The quantitative estimate of drug-likeness (QED) is 0.404. The second-order valence-corrected chi connectivity index (χ2v) is 7.35. The number of rotatable bonds is 3. The largest absolute Gasteiger partial charge is 0.465 e. The monoisotopic (exact) mass is 492 g/mol. The number of halogens is 1. The molecule has 1 aromatic carbocycles. The fourth-order valence-corrected chi connectivity index (χ4v) is 3.55. The summed E-state index contributed by atoms with van der Waals surface area (Å²) in [5, 5.41) is 0.447. The van der Waals surface area contributed by atoms with Crippen LogP contribution in [-0.4, -0.2) is 29.9 Å². The summed E-state index contributed by atoms with van der Waals surface area (Å²) in [5.74, 6) is -1.01. The van der Waals surface area contributed by atoms with E-state index in [0.717, 1.165) is 10.5 Å². The minimum Gasteiger partial charge on any atom is -0.465 e. The molecule has 144 valence electrons. The van der Waals surface area contributed by atoms with Crippen molar-refractivity contribution in [2.75, 3.05) is 12.0 Å². The SMILES string of the molecule is COC(=O)c1c(-c2ccc(C)cc2)oc2nc(N(C(C)=O)C(C)=O)c(I)cc12. The zero-order valence-electron chi connectivity index (χ0n) is 15.7. The lowest BCUT2D eigenvalue weighted by atomic mass is 10.1. The minimum atomic E-state index is -0.560. The van der Waals surface area contributed by atoms with Gasteiger partial charge in [-0.2, -0.15) is 4.98 Å². The Labute approximate surface area is 174 Å². The lowest BCUT2D eigenvalue weighted by molar-refractivity contribution is -0.124. The van der Waals surface area contributed by atoms with Gasteiger partial charge in [-0.1, -0.05) is 29.8 Å². The molecule has 0 radical (unpaired) electrons. The number of amides is 2. The van der Waals surface area contributed by atoms with Crippen LogP contribution in [0.25, 0.3) is 22.4 Å². The molecule has 2 amide bonds. The van der Waals surface area contributed by atoms with Gasteiger partial charge < -0.3 is 9.15 Å². The van der Waals surface area contributed by atoms with Crippen molar-refractivity contribution in [3.63, 3.8) is 0 Å². The fourth-order valence-electron chi connectivity index (χ4n) is 2.88. The van der Waals surface area contributed by atoms with Crippen molar-refractivity contribution in [3.05, 3.63) is 45.0 Å². The molecule has 0 saturated heterocycles. The van der Waals surface area contributed by atoms with E-state index in [0.29, 0.717) is 20.3 Å². The third-order valence-corrected chi connectivity index (χ3v) is 4.96. The van der Waals surface area contributed by atoms with Gasteiger partial charge in [-0.25, -0.2) is 9.69 Å². The molecule has 0 aliphatic heterocycles. The van der Waals surface area contributed by atoms with Crippen LogP contribution in [0, 0.1) is 10.5 Å². The Morgan fingerprint density at radius 1 is 1.11 bits per heavy atom. The molecule has 0 unspecified atom stereocenters. The third-order valence-electron chi connectivity index (χ3n) is 4.16. The number of imide groups is 1. The van der Waals surface area contributed by atoms with Gasteiger partial charge >= 0.3 is 5.97 Å². The number of furan rings is 1. The molecule has 0 saturated carbocycles. The summed E-state index contributed by atoms with van der Waals surface area (Å²) in [7, 11) is 1.29. The maximum Gasteiger partial charge on any atom is 0.342 e. The van der Waals surface area contributed by atoms with Crippen LogP contribution in [0.5, 0.6) is 0 Å². The summed E-state index contributed by atoms with van der Waals surface area (Å²) in [6, 6.07) is 9.13. The van der Waals surface area contributed by atoms with E-state index >= 15 is 0 Å². The van der Waals surface area contributed by atoms with E-state index < -0.39 is 17.8 Å². The van der Waals surface area contributed by atoms with Crippen LogP contribution in [0.15, 0.2) is 34.7 Å². The number of carbonyl (C=O) groups is 3. The van der Waals surface area contributed by atoms with Crippen molar-refractivity contribution < 1.29 is 23.5 Å². The smallest absolute Gasteiger partial charge is 0.342 e. The van der Waals surface area contributed by atoms with Crippen LogP contribution in [-0.2, 0) is 14.3 Å². The van der Waals surface area contributed by atoms with Crippen LogP contribution in [0.1, 0.15) is 29.8 Å². The fraction of sp³-hybridized carbons (Fsp3) is 0.200. The van der Waals surface area contributed by atoms with Gasteiger partial charge in [-0.3, -0.25) is 9.59 Å². The Morgan fingerprint density at radius 3 is 2.25 bits per heavy atom. The van der Waals surface area contributed by atoms with Crippen molar-refractivity contribution in [2.45, 2.75) is 20.8 Å². The van der Waals surface area contributed by atoms with Gasteiger partial charge in [0.05, 0.1) is 16.1 Å². The molecule has 0 aliphatic rings. The average Bonchev–Trinajstić information content (AvgIpc) is 2.99. The standard InChI is InChI=1S/C20H17IN2O5/c1-10-5-7-13(8-6-10)17-16(20(26)27-4)14-9-15(21)18(22-19(14)28-17)23(11(2)24)12(3)25/h5-9H,1-4H3. The number of aryl methyl sites for hydroxylation is 1. The molecule has 28 heavy (non-hydrogen) atoms. The number of pyridine rings is 1. The summed E-state index contributed by atoms with van der Waals surface area (Å²) in [4.78, 5) is 41.6. The van der Waals surface area contributed by atoms with E-state index in [1.54, 1.807) is 6.07 Å². The van der Waals surface area contributed by atoms with Crippen molar-refractivity contribution in [1.29, 1.82) is 0 Å². The molecule has 2 heterocycles. The van der Waals surface area contributed by atoms with Crippen LogP contribution < -0.4 is 4.90 Å². The molecule has 3 aromatic rings. The number of methoxy groups -OCH3 is 1. The highest BCUT2D eigenvalue weighted by atomic mass is 127. The number of fused-ring (bicyclic) bond motifs is 1. The lowest BCUT2D eigenvalue weighted by Gasteiger charge is -2.17. The molecule has 3 rings (SSSR count). The highest BCUT2D eigenvalue weighted by Gasteiger charge is 2.27. The predicted octanol–water partition coefficient (Wildman–Crippen LogP) is 4.09. The van der Waals surface area contributed by atoms with E-state index in [1.165, 1.54) is 21.0 Å². The van der Waals surface area contributed by atoms with Crippen molar-refractivity contribution in [1.82, 2.24) is 4.98 Å². The Morgan fingerprint density at radius 2 is 1.71 bits per heavy atom. The van der Waals surface area contributed by atoms with E-state index in [9.17, 15) is 14.4 Å². The van der Waals surface area contributed by atoms with Crippen LogP contribution in [0.2, 0.25) is 0 Å². The number of esters is 1. The molecule has 0 fully saturated rings. The third kappa shape index (κ3) is 3.51. The maximum atomic E-state index is 12.5. The summed E-state index contributed by atoms with van der Waals surface area (Å²) in [5.41, 5.74) is 2.14. The first-order chi connectivity index (χ1) is 13.2. The van der Waals surface area contributed by atoms with Crippen molar-refractivity contribution >= 4 is 57.3 Å². The van der Waals surface area contributed by atoms with Crippen LogP contribution in [0.3, 0.4) is 0 Å². The number of hydrogen-bond donors (Lipinski definition) is 0. The Balaban J connectivity index is 2.31. The summed E-state index contributed by atoms with van der Waals surface area (Å²) in [6.45, 7) is 4.52. The van der Waals surface area contributed by atoms with Crippen LogP contribution in [0.4, 0.5) is 5.82 Å². The molecular weight excluding hydrogens is 475 g/mol. The number of anilines is 1. The first kappa shape index (κ1) is 20.0. The molecule has 0 atom stereocenters. The zero-order chi connectivity index (χ0) is 20.6. The van der Waals surface area contributed by atoms with Crippen molar-refractivity contribution in [3.8, 4) is 11.3 Å². The number of carbonyl (C=O) groups excluding carboxylic acids is 3. The number of aromatic nitrogens is 1. The Hall–Kier alpha value is -2.75. The molecule has 0 N–H and O–H groups in total. The molecule has 8 heteroatoms. The second-order valence-electron chi connectivity index (χ2n) is 6.18.